The van der Waals surface area contributed by atoms with Crippen LogP contribution in [0.25, 0.3) is 0 Å². The van der Waals surface area contributed by atoms with E-state index in [1.54, 1.807) is 6.20 Å². The predicted molar refractivity (Wildman–Crippen MR) is 95.3 cm³/mol. The van der Waals surface area contributed by atoms with Gasteiger partial charge in [-0.2, -0.15) is 0 Å². The number of nitrogens with one attached hydrogen (secondary N) is 1. The molecule has 1 unspecified atom stereocenters. The standard InChI is InChI=1S/C18H33N3/c1-6-8-10-17(15(3)4)11-12-18(9-7-2)21-16(5)13-14-20-19/h10,13-14,18,20H,3,6-9,11-12,19H2,1-2,4-5H3/b14-13?,17-10-,21-16?. The average Bonchev–Trinajstić information content (AvgIpc) is 2.44. The molecular weight excluding hydrogens is 258 g/mol. The highest BCUT2D eigenvalue weighted by molar-refractivity contribution is 5.92. The van der Waals surface area contributed by atoms with Gasteiger partial charge in [-0.25, -0.2) is 0 Å². The molecule has 0 saturated carbocycles. The molecule has 3 heteroatoms. The third-order valence-electron chi connectivity index (χ3n) is 3.40. The van der Waals surface area contributed by atoms with E-state index in [1.807, 2.05) is 13.0 Å². The zero-order valence-corrected chi connectivity index (χ0v) is 14.3. The molecule has 0 rings (SSSR count). The number of aliphatic imine (C=N–C) groups is 1. The van der Waals surface area contributed by atoms with Crippen molar-refractivity contribution in [2.45, 2.75) is 72.3 Å². The van der Waals surface area contributed by atoms with Gasteiger partial charge >= 0.3 is 0 Å². The van der Waals surface area contributed by atoms with Gasteiger partial charge in [0.05, 0.1) is 6.04 Å². The van der Waals surface area contributed by atoms with Crippen molar-refractivity contribution in [3.8, 4) is 0 Å². The largest absolute Gasteiger partial charge is 0.331 e. The Morgan fingerprint density at radius 1 is 1.24 bits per heavy atom. The molecule has 0 aliphatic carbocycles. The zero-order chi connectivity index (χ0) is 16.1. The molecule has 0 spiro atoms. The summed E-state index contributed by atoms with van der Waals surface area (Å²) in [5.41, 5.74) is 6.10. The minimum absolute atomic E-state index is 0.377. The van der Waals surface area contributed by atoms with Crippen LogP contribution in [0.3, 0.4) is 0 Å². The van der Waals surface area contributed by atoms with E-state index in [1.165, 1.54) is 17.6 Å². The third-order valence-corrected chi connectivity index (χ3v) is 3.40. The summed E-state index contributed by atoms with van der Waals surface area (Å²) in [6.45, 7) is 12.6. The van der Waals surface area contributed by atoms with E-state index in [4.69, 9.17) is 10.8 Å². The summed E-state index contributed by atoms with van der Waals surface area (Å²) < 4.78 is 0. The minimum atomic E-state index is 0.377. The fourth-order valence-electron chi connectivity index (χ4n) is 2.24. The van der Waals surface area contributed by atoms with Crippen molar-refractivity contribution in [2.24, 2.45) is 10.8 Å². The molecule has 0 heterocycles. The van der Waals surface area contributed by atoms with Crippen LogP contribution in [0.15, 0.2) is 41.1 Å². The first-order valence-electron chi connectivity index (χ1n) is 8.07. The zero-order valence-electron chi connectivity index (χ0n) is 14.3. The second-order valence-electron chi connectivity index (χ2n) is 5.55. The Morgan fingerprint density at radius 3 is 2.48 bits per heavy atom. The smallest absolute Gasteiger partial charge is 0.0505 e. The number of allylic oxidation sites excluding steroid dienone is 4. The van der Waals surface area contributed by atoms with Gasteiger partial charge in [0.2, 0.25) is 0 Å². The summed E-state index contributed by atoms with van der Waals surface area (Å²) in [5, 5.41) is 0. The normalized spacial score (nSPS) is 14.5. The number of hydrogen-bond acceptors (Lipinski definition) is 3. The van der Waals surface area contributed by atoms with Gasteiger partial charge in [0.15, 0.2) is 0 Å². The molecule has 120 valence electrons. The summed E-state index contributed by atoms with van der Waals surface area (Å²) >= 11 is 0. The summed E-state index contributed by atoms with van der Waals surface area (Å²) in [7, 11) is 0. The Bertz CT molecular complexity index is 378. The summed E-state index contributed by atoms with van der Waals surface area (Å²) in [5.74, 6) is 5.24. The highest BCUT2D eigenvalue weighted by Gasteiger charge is 2.08. The molecule has 0 fully saturated rings. The van der Waals surface area contributed by atoms with E-state index in [-0.39, 0.29) is 0 Å². The second kappa shape index (κ2) is 12.4. The predicted octanol–water partition coefficient (Wildman–Crippen LogP) is 4.68. The average molecular weight is 291 g/mol. The van der Waals surface area contributed by atoms with Crippen LogP contribution in [0.2, 0.25) is 0 Å². The van der Waals surface area contributed by atoms with E-state index in [0.717, 1.165) is 37.8 Å². The third kappa shape index (κ3) is 10.1. The number of rotatable bonds is 11. The maximum absolute atomic E-state index is 5.24. The van der Waals surface area contributed by atoms with Crippen LogP contribution in [0.1, 0.15) is 66.2 Å². The van der Waals surface area contributed by atoms with E-state index in [0.29, 0.717) is 6.04 Å². The van der Waals surface area contributed by atoms with Gasteiger partial charge in [-0.1, -0.05) is 44.9 Å². The van der Waals surface area contributed by atoms with E-state index >= 15 is 0 Å². The van der Waals surface area contributed by atoms with Gasteiger partial charge < -0.3 is 5.43 Å². The number of hydrazine groups is 1. The maximum Gasteiger partial charge on any atom is 0.0505 e. The van der Waals surface area contributed by atoms with Crippen molar-refractivity contribution in [2.75, 3.05) is 0 Å². The van der Waals surface area contributed by atoms with Gasteiger partial charge in [-0.05, 0) is 51.2 Å². The van der Waals surface area contributed by atoms with Crippen molar-refractivity contribution < 1.29 is 0 Å². The lowest BCUT2D eigenvalue weighted by atomic mass is 9.97. The van der Waals surface area contributed by atoms with Crippen LogP contribution >= 0.6 is 0 Å². The lowest BCUT2D eigenvalue weighted by molar-refractivity contribution is 0.563. The van der Waals surface area contributed by atoms with Crippen LogP contribution in [-0.2, 0) is 0 Å². The molecule has 0 amide bonds. The van der Waals surface area contributed by atoms with Crippen LogP contribution in [0, 0.1) is 0 Å². The van der Waals surface area contributed by atoms with Gasteiger partial charge in [0.25, 0.3) is 0 Å². The van der Waals surface area contributed by atoms with E-state index in [9.17, 15) is 0 Å². The van der Waals surface area contributed by atoms with Crippen LogP contribution in [0.4, 0.5) is 0 Å². The maximum atomic E-state index is 5.24. The molecule has 0 aliphatic rings. The SMILES string of the molecule is C=C(C)/C(=C\CCC)CCC(CCC)N=C(C)C=CNN. The molecule has 0 bridgehead atoms. The first-order valence-corrected chi connectivity index (χ1v) is 8.07. The van der Waals surface area contributed by atoms with Gasteiger partial charge in [0, 0.05) is 11.9 Å². The van der Waals surface area contributed by atoms with E-state index < -0.39 is 0 Å². The Hall–Kier alpha value is -1.35. The summed E-state index contributed by atoms with van der Waals surface area (Å²) in [6.07, 6.45) is 12.7. The minimum Gasteiger partial charge on any atom is -0.331 e. The lowest BCUT2D eigenvalue weighted by Gasteiger charge is -2.14. The van der Waals surface area contributed by atoms with Gasteiger partial charge in [-0.3, -0.25) is 10.8 Å². The number of hydrogen-bond donors (Lipinski definition) is 2. The number of nitrogens with two attached hydrogens (primary N) is 1. The highest BCUT2D eigenvalue weighted by Crippen LogP contribution is 2.20. The van der Waals surface area contributed by atoms with Crippen molar-refractivity contribution >= 4 is 5.71 Å². The number of unbranched alkanes of at least 4 members (excludes halogenated alkanes) is 1. The first kappa shape index (κ1) is 19.7. The molecule has 3 nitrogen and oxygen atoms in total. The molecule has 1 atom stereocenters. The molecule has 0 aromatic heterocycles. The number of nitrogens with zero attached hydrogens (tertiary/aromatic N) is 1. The molecule has 0 saturated heterocycles. The van der Waals surface area contributed by atoms with Gasteiger partial charge in [-0.15, -0.1) is 0 Å². The quantitative estimate of drug-likeness (QED) is 0.251. The Morgan fingerprint density at radius 2 is 1.95 bits per heavy atom. The second-order valence-corrected chi connectivity index (χ2v) is 5.55. The summed E-state index contributed by atoms with van der Waals surface area (Å²) in [4.78, 5) is 4.79. The van der Waals surface area contributed by atoms with Crippen LogP contribution < -0.4 is 11.3 Å². The topological polar surface area (TPSA) is 50.4 Å². The fourth-order valence-corrected chi connectivity index (χ4v) is 2.24. The Balaban J connectivity index is 4.69. The van der Waals surface area contributed by atoms with Crippen molar-refractivity contribution in [1.82, 2.24) is 5.43 Å². The van der Waals surface area contributed by atoms with E-state index in [2.05, 4.69) is 38.9 Å². The molecule has 0 aliphatic heterocycles. The Labute approximate surface area is 131 Å². The first-order chi connectivity index (χ1) is 10.0. The van der Waals surface area contributed by atoms with Crippen molar-refractivity contribution in [3.63, 3.8) is 0 Å². The molecule has 0 aromatic rings. The monoisotopic (exact) mass is 291 g/mol. The van der Waals surface area contributed by atoms with Crippen molar-refractivity contribution in [1.29, 1.82) is 0 Å². The summed E-state index contributed by atoms with van der Waals surface area (Å²) in [6, 6.07) is 0.377. The Kier molecular flexibility index (Phi) is 11.6. The molecule has 21 heavy (non-hydrogen) atoms. The van der Waals surface area contributed by atoms with Gasteiger partial charge in [0.1, 0.15) is 0 Å². The molecule has 3 N–H and O–H groups in total. The van der Waals surface area contributed by atoms with Crippen molar-refractivity contribution in [3.05, 3.63) is 36.1 Å². The molecular formula is C18H33N3. The lowest BCUT2D eigenvalue weighted by Crippen LogP contribution is -2.14. The van der Waals surface area contributed by atoms with Crippen LogP contribution in [-0.4, -0.2) is 11.8 Å². The fraction of sp³-hybridized carbons (Fsp3) is 0.611. The molecule has 0 aromatic carbocycles. The van der Waals surface area contributed by atoms with Crippen LogP contribution in [0.5, 0.6) is 0 Å². The highest BCUT2D eigenvalue weighted by atomic mass is 15.2. The molecule has 0 radical (unpaired) electrons.